The van der Waals surface area contributed by atoms with Gasteiger partial charge < -0.3 is 20.1 Å². The van der Waals surface area contributed by atoms with Crippen LogP contribution >= 0.6 is 0 Å². The number of anilines is 2. The normalized spacial score (nSPS) is 10.7. The fourth-order valence-corrected chi connectivity index (χ4v) is 3.18. The monoisotopic (exact) mass is 461 g/mol. The average molecular weight is 461 g/mol. The van der Waals surface area contributed by atoms with Crippen LogP contribution in [0.5, 0.6) is 11.5 Å². The minimum absolute atomic E-state index is 0.0452. The van der Waals surface area contributed by atoms with Crippen molar-refractivity contribution in [2.75, 3.05) is 19.0 Å². The van der Waals surface area contributed by atoms with Gasteiger partial charge in [-0.1, -0.05) is 6.07 Å². The van der Waals surface area contributed by atoms with Gasteiger partial charge in [0.2, 0.25) is 0 Å². The van der Waals surface area contributed by atoms with E-state index in [1.165, 1.54) is 25.3 Å². The van der Waals surface area contributed by atoms with Crippen LogP contribution in [-0.2, 0) is 7.05 Å². The van der Waals surface area contributed by atoms with Crippen molar-refractivity contribution in [1.29, 1.82) is 0 Å². The number of methoxy groups -OCH3 is 1. The maximum Gasteiger partial charge on any atom is 0.387 e. The Morgan fingerprint density at radius 3 is 2.55 bits per heavy atom. The minimum atomic E-state index is -3.20. The van der Waals surface area contributed by atoms with E-state index in [0.717, 1.165) is 6.07 Å². The van der Waals surface area contributed by atoms with Crippen molar-refractivity contribution in [2.24, 2.45) is 7.05 Å². The molecule has 0 radical (unpaired) electrons. The van der Waals surface area contributed by atoms with E-state index < -0.39 is 23.2 Å². The number of nitro groups is 1. The molecule has 0 aliphatic rings. The molecule has 12 heteroatoms. The second kappa shape index (κ2) is 9.94. The summed E-state index contributed by atoms with van der Waals surface area (Å²) in [6.45, 7) is -1.28. The molecule has 0 aliphatic carbocycles. The smallest absolute Gasteiger partial charge is 0.387 e. The number of carbonyl (C=O) groups is 1. The summed E-state index contributed by atoms with van der Waals surface area (Å²) in [5.74, 6) is -1.15. The first-order valence-electron chi connectivity index (χ1n) is 9.73. The predicted octanol–water partition coefficient (Wildman–Crippen LogP) is 4.10. The quantitative estimate of drug-likeness (QED) is 0.364. The van der Waals surface area contributed by atoms with E-state index in [9.17, 15) is 23.7 Å². The first-order chi connectivity index (χ1) is 15.7. The van der Waals surface area contributed by atoms with Gasteiger partial charge in [0.15, 0.2) is 0 Å². The van der Waals surface area contributed by atoms with E-state index in [0.29, 0.717) is 11.1 Å². The summed E-state index contributed by atoms with van der Waals surface area (Å²) < 4.78 is 37.3. The molecule has 2 aromatic carbocycles. The summed E-state index contributed by atoms with van der Waals surface area (Å²) in [6, 6.07) is 7.03. The van der Waals surface area contributed by atoms with Crippen LogP contribution in [0, 0.1) is 10.1 Å². The fraction of sp³-hybridized carbons (Fsp3) is 0.238. The standard InChI is InChI=1S/C21H21F2N5O5/c1-4-24-20(29)19-17(32-3)8-14(9-18(19)33-21(22)23)26-15-6-5-12(7-16(15)28(30)31)13-10-25-27(2)11-13/h5-11,21,26H,4H2,1-3H3,(H,24,29). The second-order valence-electron chi connectivity index (χ2n) is 6.81. The molecule has 10 nitrogen and oxygen atoms in total. The van der Waals surface area contributed by atoms with E-state index in [1.807, 2.05) is 0 Å². The summed E-state index contributed by atoms with van der Waals surface area (Å²) in [6.07, 6.45) is 3.29. The number of nitrogens with zero attached hydrogens (tertiary/aromatic N) is 3. The number of nitro benzene ring substituents is 1. The highest BCUT2D eigenvalue weighted by Crippen LogP contribution is 2.38. The number of benzene rings is 2. The Morgan fingerprint density at radius 2 is 1.97 bits per heavy atom. The molecule has 174 valence electrons. The highest BCUT2D eigenvalue weighted by molar-refractivity contribution is 6.00. The summed E-state index contributed by atoms with van der Waals surface area (Å²) in [5, 5.41) is 21.1. The zero-order valence-electron chi connectivity index (χ0n) is 18.0. The molecule has 0 spiro atoms. The minimum Gasteiger partial charge on any atom is -0.496 e. The van der Waals surface area contributed by atoms with Crippen molar-refractivity contribution in [3.63, 3.8) is 0 Å². The number of rotatable bonds is 9. The third-order valence-electron chi connectivity index (χ3n) is 4.58. The lowest BCUT2D eigenvalue weighted by Gasteiger charge is -2.17. The molecule has 3 rings (SSSR count). The lowest BCUT2D eigenvalue weighted by atomic mass is 10.1. The molecular formula is C21H21F2N5O5. The van der Waals surface area contributed by atoms with Crippen molar-refractivity contribution >= 4 is 23.0 Å². The molecule has 0 aliphatic heterocycles. The molecule has 0 saturated heterocycles. The van der Waals surface area contributed by atoms with Crippen molar-refractivity contribution < 1.29 is 28.0 Å². The largest absolute Gasteiger partial charge is 0.496 e. The van der Waals surface area contributed by atoms with Gasteiger partial charge in [0.25, 0.3) is 11.6 Å². The summed E-state index contributed by atoms with van der Waals surface area (Å²) in [7, 11) is 2.99. The van der Waals surface area contributed by atoms with Crippen molar-refractivity contribution in [2.45, 2.75) is 13.5 Å². The van der Waals surface area contributed by atoms with E-state index in [-0.39, 0.29) is 34.9 Å². The van der Waals surface area contributed by atoms with Gasteiger partial charge in [0.05, 0.1) is 18.2 Å². The van der Waals surface area contributed by atoms with E-state index >= 15 is 0 Å². The lowest BCUT2D eigenvalue weighted by Crippen LogP contribution is -2.24. The third kappa shape index (κ3) is 5.34. The lowest BCUT2D eigenvalue weighted by molar-refractivity contribution is -0.383. The maximum atomic E-state index is 13.0. The number of aryl methyl sites for hydroxylation is 1. The van der Waals surface area contributed by atoms with Gasteiger partial charge in [-0.25, -0.2) is 0 Å². The Hall–Kier alpha value is -4.22. The first kappa shape index (κ1) is 23.4. The van der Waals surface area contributed by atoms with Crippen LogP contribution in [0.4, 0.5) is 25.8 Å². The van der Waals surface area contributed by atoms with Crippen LogP contribution in [0.1, 0.15) is 17.3 Å². The summed E-state index contributed by atoms with van der Waals surface area (Å²) >= 11 is 0. The SMILES string of the molecule is CCNC(=O)c1c(OC)cc(Nc2ccc(-c3cnn(C)c3)cc2[N+](=O)[O-])cc1OC(F)F. The number of nitrogens with one attached hydrogen (secondary N) is 2. The Bertz CT molecular complexity index is 1180. The highest BCUT2D eigenvalue weighted by atomic mass is 19.3. The molecule has 1 heterocycles. The number of aromatic nitrogens is 2. The van der Waals surface area contributed by atoms with Crippen LogP contribution in [0.25, 0.3) is 11.1 Å². The number of amides is 1. The number of ether oxygens (including phenoxy) is 2. The maximum absolute atomic E-state index is 13.0. The Labute approximate surface area is 187 Å². The molecular weight excluding hydrogens is 440 g/mol. The number of hydrogen-bond acceptors (Lipinski definition) is 7. The summed E-state index contributed by atoms with van der Waals surface area (Å²) in [5.41, 5.74) is 1.04. The van der Waals surface area contributed by atoms with Gasteiger partial charge in [0.1, 0.15) is 22.7 Å². The molecule has 0 unspecified atom stereocenters. The Morgan fingerprint density at radius 1 is 1.24 bits per heavy atom. The van der Waals surface area contributed by atoms with Crippen molar-refractivity contribution in [3.8, 4) is 22.6 Å². The molecule has 1 aromatic heterocycles. The molecule has 1 amide bonds. The molecule has 3 aromatic rings. The second-order valence-corrected chi connectivity index (χ2v) is 6.81. The highest BCUT2D eigenvalue weighted by Gasteiger charge is 2.23. The topological polar surface area (TPSA) is 121 Å². The number of carbonyl (C=O) groups excluding carboxylic acids is 1. The Kier molecular flexibility index (Phi) is 7.06. The van der Waals surface area contributed by atoms with Crippen molar-refractivity contribution in [3.05, 3.63) is 58.4 Å². The van der Waals surface area contributed by atoms with Crippen molar-refractivity contribution in [1.82, 2.24) is 15.1 Å². The first-order valence-corrected chi connectivity index (χ1v) is 9.73. The number of halogens is 2. The number of hydrogen-bond donors (Lipinski definition) is 2. The molecule has 33 heavy (non-hydrogen) atoms. The van der Waals surface area contributed by atoms with Crippen LogP contribution in [0.2, 0.25) is 0 Å². The van der Waals surface area contributed by atoms with Gasteiger partial charge >= 0.3 is 6.61 Å². The molecule has 0 saturated carbocycles. The Balaban J connectivity index is 2.04. The zero-order valence-corrected chi connectivity index (χ0v) is 18.0. The molecule has 0 fully saturated rings. The van der Waals surface area contributed by atoms with Crippen LogP contribution in [0.15, 0.2) is 42.7 Å². The van der Waals surface area contributed by atoms with Crippen LogP contribution in [-0.4, -0.2) is 40.9 Å². The average Bonchev–Trinajstić information content (AvgIpc) is 3.19. The number of alkyl halides is 2. The molecule has 2 N–H and O–H groups in total. The van der Waals surface area contributed by atoms with Crippen LogP contribution < -0.4 is 20.1 Å². The van der Waals surface area contributed by atoms with Gasteiger partial charge in [0, 0.05) is 49.2 Å². The third-order valence-corrected chi connectivity index (χ3v) is 4.58. The summed E-state index contributed by atoms with van der Waals surface area (Å²) in [4.78, 5) is 23.5. The molecule has 0 atom stereocenters. The predicted molar refractivity (Wildman–Crippen MR) is 116 cm³/mol. The molecule has 0 bridgehead atoms. The fourth-order valence-electron chi connectivity index (χ4n) is 3.18. The zero-order chi connectivity index (χ0) is 24.1. The van der Waals surface area contributed by atoms with Crippen LogP contribution in [0.3, 0.4) is 0 Å². The van der Waals surface area contributed by atoms with Gasteiger partial charge in [-0.2, -0.15) is 13.9 Å². The van der Waals surface area contributed by atoms with E-state index in [4.69, 9.17) is 4.74 Å². The van der Waals surface area contributed by atoms with Gasteiger partial charge in [-0.15, -0.1) is 0 Å². The van der Waals surface area contributed by atoms with Gasteiger partial charge in [-0.05, 0) is 18.6 Å². The van der Waals surface area contributed by atoms with E-state index in [2.05, 4.69) is 20.5 Å². The van der Waals surface area contributed by atoms with Gasteiger partial charge in [-0.3, -0.25) is 19.6 Å². The van der Waals surface area contributed by atoms with E-state index in [1.54, 1.807) is 37.1 Å².